The highest BCUT2D eigenvalue weighted by atomic mass is 19.1. The molecule has 0 bridgehead atoms. The highest BCUT2D eigenvalue weighted by molar-refractivity contribution is 6.07. The molecule has 3 atom stereocenters. The fourth-order valence-electron chi connectivity index (χ4n) is 6.56. The molecule has 2 saturated heterocycles. The average Bonchev–Trinajstić information content (AvgIpc) is 3.88. The summed E-state index contributed by atoms with van der Waals surface area (Å²) >= 11 is 0. The number of piperazine rings is 1. The molecule has 266 valence electrons. The number of benzene rings is 3. The van der Waals surface area contributed by atoms with Crippen molar-refractivity contribution in [3.8, 4) is 5.75 Å². The first-order chi connectivity index (χ1) is 24.7. The number of rotatable bonds is 12. The second-order valence-corrected chi connectivity index (χ2v) is 12.5. The van der Waals surface area contributed by atoms with Crippen molar-refractivity contribution in [2.24, 2.45) is 5.10 Å². The Morgan fingerprint density at radius 1 is 1.00 bits per heavy atom. The Labute approximate surface area is 292 Å². The maximum Gasteiger partial charge on any atom is 0.456 e. The summed E-state index contributed by atoms with van der Waals surface area (Å²) in [6, 6.07) is 18.3. The molecular formula is C35H37F2N8O6+. The maximum absolute atomic E-state index is 14.9. The molecule has 3 aliphatic heterocycles. The number of urea groups is 1. The Morgan fingerprint density at radius 2 is 1.67 bits per heavy atom. The SMILES string of the molecule is CC[N+]1(CC(=O)O)N=CN(c2ccc(N3CCN(c4ccc(OCC5COC(Cn6cncn6)(c6ccc(F)cc6F)O5)cc4)CC3)cc2)C1=O. The second kappa shape index (κ2) is 14.0. The number of ether oxygens (including phenoxy) is 3. The summed E-state index contributed by atoms with van der Waals surface area (Å²) < 4.78 is 47.8. The topological polar surface area (TPSA) is 135 Å². The molecule has 16 heteroatoms. The van der Waals surface area contributed by atoms with Gasteiger partial charge in [-0.2, -0.15) is 5.10 Å². The molecule has 51 heavy (non-hydrogen) atoms. The van der Waals surface area contributed by atoms with E-state index in [4.69, 9.17) is 14.2 Å². The first-order valence-corrected chi connectivity index (χ1v) is 16.6. The van der Waals surface area contributed by atoms with Gasteiger partial charge >= 0.3 is 12.0 Å². The van der Waals surface area contributed by atoms with Crippen LogP contribution >= 0.6 is 0 Å². The quantitative estimate of drug-likeness (QED) is 0.216. The number of amides is 2. The fourth-order valence-corrected chi connectivity index (χ4v) is 6.56. The number of carboxylic acids is 1. The minimum absolute atomic E-state index is 0.0173. The van der Waals surface area contributed by atoms with Crippen molar-refractivity contribution < 1.29 is 42.3 Å². The number of nitrogens with zero attached hydrogens (tertiary/aromatic N) is 8. The van der Waals surface area contributed by atoms with Gasteiger partial charge in [-0.25, -0.2) is 32.9 Å². The fraction of sp³-hybridized carbons (Fsp3) is 0.343. The van der Waals surface area contributed by atoms with E-state index in [2.05, 4.69) is 25.0 Å². The summed E-state index contributed by atoms with van der Waals surface area (Å²) in [5.41, 5.74) is 2.78. The summed E-state index contributed by atoms with van der Waals surface area (Å²) in [5.74, 6) is -3.45. The molecular weight excluding hydrogens is 666 g/mol. The van der Waals surface area contributed by atoms with Crippen molar-refractivity contribution in [3.63, 3.8) is 0 Å². The molecule has 0 spiro atoms. The summed E-state index contributed by atoms with van der Waals surface area (Å²) in [6.45, 7) is 5.07. The minimum atomic E-state index is -1.53. The Hall–Kier alpha value is -5.45. The van der Waals surface area contributed by atoms with E-state index in [9.17, 15) is 23.5 Å². The number of hydrogen-bond donors (Lipinski definition) is 1. The lowest BCUT2D eigenvalue weighted by Crippen LogP contribution is -2.52. The van der Waals surface area contributed by atoms with Crippen molar-refractivity contribution >= 4 is 35.4 Å². The molecule has 4 aromatic rings. The van der Waals surface area contributed by atoms with Crippen LogP contribution in [-0.2, 0) is 26.6 Å². The van der Waals surface area contributed by atoms with Gasteiger partial charge in [0.1, 0.15) is 55.8 Å². The van der Waals surface area contributed by atoms with E-state index < -0.39 is 46.7 Å². The Kier molecular flexibility index (Phi) is 9.37. The van der Waals surface area contributed by atoms with Gasteiger partial charge in [0.2, 0.25) is 12.3 Å². The standard InChI is InChI=1S/C35H36F2N8O6/c1-2-45(18-33(46)47)34(48)44(24-40-45)28-6-4-26(5-7-28)41-13-15-42(16-14-41)27-8-10-29(11-9-27)49-19-30-20-50-35(51-30,21-43-23-38-22-39-43)31-12-3-25(36)17-32(31)37/h3-12,17,22-24,30H,2,13-16,18-21H2,1H3/p+1. The van der Waals surface area contributed by atoms with Gasteiger partial charge in [0.25, 0.3) is 0 Å². The Bertz CT molecular complexity index is 1890. The van der Waals surface area contributed by atoms with E-state index in [1.807, 2.05) is 48.5 Å². The highest BCUT2D eigenvalue weighted by Crippen LogP contribution is 2.38. The first kappa shape index (κ1) is 34.0. The molecule has 3 unspecified atom stereocenters. The molecule has 1 N–H and O–H groups in total. The maximum atomic E-state index is 14.9. The van der Waals surface area contributed by atoms with E-state index in [0.717, 1.165) is 49.7 Å². The second-order valence-electron chi connectivity index (χ2n) is 12.5. The Morgan fingerprint density at radius 3 is 2.27 bits per heavy atom. The molecule has 2 amide bonds. The van der Waals surface area contributed by atoms with Crippen LogP contribution in [-0.4, -0.2) is 101 Å². The molecule has 2 fully saturated rings. The lowest BCUT2D eigenvalue weighted by molar-refractivity contribution is -0.842. The minimum Gasteiger partial charge on any atom is -0.491 e. The zero-order chi connectivity index (χ0) is 35.6. The van der Waals surface area contributed by atoms with Crippen LogP contribution in [0.25, 0.3) is 0 Å². The van der Waals surface area contributed by atoms with Crippen molar-refractivity contribution in [3.05, 3.63) is 96.6 Å². The first-order valence-electron chi connectivity index (χ1n) is 16.6. The van der Waals surface area contributed by atoms with Crippen molar-refractivity contribution in [2.45, 2.75) is 25.4 Å². The molecule has 7 rings (SSSR count). The van der Waals surface area contributed by atoms with Crippen LogP contribution in [0.1, 0.15) is 12.5 Å². The number of halogens is 2. The molecule has 4 heterocycles. The number of carbonyl (C=O) groups is 2. The third-order valence-corrected chi connectivity index (χ3v) is 9.32. The number of carbonyl (C=O) groups excluding carboxylic acids is 1. The van der Waals surface area contributed by atoms with Crippen LogP contribution in [0.2, 0.25) is 0 Å². The van der Waals surface area contributed by atoms with Crippen LogP contribution in [0.15, 0.2) is 84.5 Å². The van der Waals surface area contributed by atoms with Crippen molar-refractivity contribution in [1.29, 1.82) is 0 Å². The van der Waals surface area contributed by atoms with Gasteiger partial charge < -0.3 is 29.1 Å². The molecule has 14 nitrogen and oxygen atoms in total. The van der Waals surface area contributed by atoms with Gasteiger partial charge in [-0.3, -0.25) is 0 Å². The number of quaternary nitrogens is 1. The van der Waals surface area contributed by atoms with E-state index in [-0.39, 0.29) is 31.9 Å². The van der Waals surface area contributed by atoms with Crippen molar-refractivity contribution in [2.75, 3.05) is 67.2 Å². The summed E-state index contributed by atoms with van der Waals surface area (Å²) in [6.07, 6.45) is 3.70. The molecule has 3 aromatic carbocycles. The summed E-state index contributed by atoms with van der Waals surface area (Å²) in [4.78, 5) is 34.3. The van der Waals surface area contributed by atoms with Crippen LogP contribution in [0.4, 0.5) is 30.6 Å². The van der Waals surface area contributed by atoms with E-state index >= 15 is 0 Å². The number of aliphatic carboxylic acids is 1. The predicted octanol–water partition coefficient (Wildman–Crippen LogP) is 4.03. The van der Waals surface area contributed by atoms with Crippen LogP contribution in [0, 0.1) is 11.6 Å². The van der Waals surface area contributed by atoms with Crippen molar-refractivity contribution in [1.82, 2.24) is 14.8 Å². The third-order valence-electron chi connectivity index (χ3n) is 9.32. The van der Waals surface area contributed by atoms with Crippen LogP contribution < -0.4 is 19.4 Å². The van der Waals surface area contributed by atoms with Gasteiger partial charge in [-0.05, 0) is 67.6 Å². The summed E-state index contributed by atoms with van der Waals surface area (Å²) in [7, 11) is 0. The van der Waals surface area contributed by atoms with Gasteiger partial charge in [0.15, 0.2) is 6.34 Å². The summed E-state index contributed by atoms with van der Waals surface area (Å²) in [5, 5.41) is 17.6. The van der Waals surface area contributed by atoms with Gasteiger partial charge in [-0.1, -0.05) is 5.10 Å². The third kappa shape index (κ3) is 6.97. The number of aromatic nitrogens is 3. The zero-order valence-electron chi connectivity index (χ0n) is 27.8. The molecule has 1 aromatic heterocycles. The van der Waals surface area contributed by atoms with Gasteiger partial charge in [0, 0.05) is 49.2 Å². The number of carboxylic acid groups (broad SMARTS) is 1. The molecule has 0 aliphatic carbocycles. The molecule has 0 radical (unpaired) electrons. The molecule has 0 saturated carbocycles. The Balaban J connectivity index is 0.913. The monoisotopic (exact) mass is 703 g/mol. The largest absolute Gasteiger partial charge is 0.491 e. The number of likely N-dealkylation sites (N-methyl/N-ethyl adjacent to an activating group) is 1. The van der Waals surface area contributed by atoms with Gasteiger partial charge in [0.05, 0.1) is 12.3 Å². The normalized spacial score (nSPS) is 23.3. The van der Waals surface area contributed by atoms with E-state index in [1.165, 1.54) is 34.6 Å². The smallest absolute Gasteiger partial charge is 0.456 e. The van der Waals surface area contributed by atoms with E-state index in [0.29, 0.717) is 11.4 Å². The lowest BCUT2D eigenvalue weighted by atomic mass is 10.0. The average molecular weight is 704 g/mol. The molecule has 3 aliphatic rings. The van der Waals surface area contributed by atoms with Crippen LogP contribution in [0.5, 0.6) is 5.75 Å². The predicted molar refractivity (Wildman–Crippen MR) is 181 cm³/mol. The number of anilines is 3. The lowest BCUT2D eigenvalue weighted by Gasteiger charge is -2.37. The van der Waals surface area contributed by atoms with E-state index in [1.54, 1.807) is 6.92 Å². The van der Waals surface area contributed by atoms with Gasteiger partial charge in [-0.15, -0.1) is 4.59 Å². The van der Waals surface area contributed by atoms with Crippen LogP contribution in [0.3, 0.4) is 0 Å². The number of hydrogen-bond acceptors (Lipinski definition) is 10. The zero-order valence-corrected chi connectivity index (χ0v) is 27.8. The highest BCUT2D eigenvalue weighted by Gasteiger charge is 2.48.